The van der Waals surface area contributed by atoms with E-state index in [0.717, 1.165) is 23.8 Å². The van der Waals surface area contributed by atoms with Crippen molar-refractivity contribution in [1.82, 2.24) is 9.55 Å². The minimum absolute atomic E-state index is 0. The van der Waals surface area contributed by atoms with Crippen molar-refractivity contribution in [1.29, 1.82) is 0 Å². The second-order valence-corrected chi connectivity index (χ2v) is 8.36. The number of nitrogens with one attached hydrogen (secondary N) is 1. The molecule has 0 saturated carbocycles. The number of fused-ring (bicyclic) bond motifs is 1. The number of anilines is 1. The molecule has 7 nitrogen and oxygen atoms in total. The molecule has 0 saturated heterocycles. The predicted octanol–water partition coefficient (Wildman–Crippen LogP) is 1.20. The largest absolute Gasteiger partial charge is 1.00 e. The smallest absolute Gasteiger partial charge is 0.548 e. The summed E-state index contributed by atoms with van der Waals surface area (Å²) in [6.45, 7) is 1.98. The van der Waals surface area contributed by atoms with E-state index < -0.39 is 18.4 Å². The van der Waals surface area contributed by atoms with Gasteiger partial charge in [0.2, 0.25) is 0 Å². The minimum Gasteiger partial charge on any atom is -0.548 e. The molecule has 0 spiro atoms. The van der Waals surface area contributed by atoms with E-state index in [1.54, 1.807) is 29.6 Å². The van der Waals surface area contributed by atoms with E-state index in [1.807, 2.05) is 30.3 Å². The van der Waals surface area contributed by atoms with Crippen LogP contribution >= 0.6 is 22.9 Å². The molecule has 2 aromatic heterocycles. The van der Waals surface area contributed by atoms with Crippen molar-refractivity contribution in [2.75, 3.05) is 11.9 Å². The SMILES string of the molecule is CCCCO.O=C([O-])Cn1c(C(=O)Nc2nc(-c3ccccc3Cl)cs2)cc2ccccc21.[K+]. The van der Waals surface area contributed by atoms with Gasteiger partial charge in [0.1, 0.15) is 5.69 Å². The number of aliphatic carboxylic acids is 1. The van der Waals surface area contributed by atoms with Gasteiger partial charge in [-0.3, -0.25) is 10.1 Å². The average molecular weight is 524 g/mol. The second kappa shape index (κ2) is 14.1. The maximum Gasteiger partial charge on any atom is 1.00 e. The van der Waals surface area contributed by atoms with Gasteiger partial charge in [-0.2, -0.15) is 0 Å². The Labute approximate surface area is 249 Å². The summed E-state index contributed by atoms with van der Waals surface area (Å²) in [4.78, 5) is 28.4. The molecule has 0 fully saturated rings. The predicted molar refractivity (Wildman–Crippen MR) is 129 cm³/mol. The number of hydrogen-bond acceptors (Lipinski definition) is 6. The molecule has 1 amide bonds. The third kappa shape index (κ3) is 7.47. The Morgan fingerprint density at radius 2 is 1.88 bits per heavy atom. The maximum atomic E-state index is 12.8. The van der Waals surface area contributed by atoms with Gasteiger partial charge < -0.3 is 19.6 Å². The number of thiazole rings is 1. The summed E-state index contributed by atoms with van der Waals surface area (Å²) in [7, 11) is 0. The van der Waals surface area contributed by atoms with Crippen LogP contribution < -0.4 is 61.8 Å². The van der Waals surface area contributed by atoms with Crippen molar-refractivity contribution >= 4 is 50.8 Å². The molecule has 0 radical (unpaired) electrons. The summed E-state index contributed by atoms with van der Waals surface area (Å²) in [5, 5.41) is 25.5. The summed E-state index contributed by atoms with van der Waals surface area (Å²) >= 11 is 7.46. The van der Waals surface area contributed by atoms with Crippen molar-refractivity contribution in [2.24, 2.45) is 0 Å². The van der Waals surface area contributed by atoms with Gasteiger partial charge in [0.05, 0.1) is 18.2 Å². The van der Waals surface area contributed by atoms with E-state index in [0.29, 0.717) is 28.0 Å². The molecule has 0 unspecified atom stereocenters. The zero-order chi connectivity index (χ0) is 23.8. The maximum absolute atomic E-state index is 12.8. The number of benzene rings is 2. The van der Waals surface area contributed by atoms with E-state index in [-0.39, 0.29) is 57.1 Å². The summed E-state index contributed by atoms with van der Waals surface area (Å²) in [5.41, 5.74) is 2.29. The van der Waals surface area contributed by atoms with Crippen LogP contribution in [0, 0.1) is 0 Å². The first-order chi connectivity index (χ1) is 15.9. The van der Waals surface area contributed by atoms with Crippen LogP contribution in [0.2, 0.25) is 5.02 Å². The Morgan fingerprint density at radius 1 is 1.18 bits per heavy atom. The molecule has 2 heterocycles. The molecule has 0 atom stereocenters. The molecule has 34 heavy (non-hydrogen) atoms. The first kappa shape index (κ1) is 28.7. The summed E-state index contributed by atoms with van der Waals surface area (Å²) < 4.78 is 1.42. The molecule has 2 aromatic carbocycles. The van der Waals surface area contributed by atoms with Crippen molar-refractivity contribution < 1.29 is 71.2 Å². The number of halogens is 1. The Kier molecular flexibility index (Phi) is 11.9. The van der Waals surface area contributed by atoms with Crippen LogP contribution in [0.5, 0.6) is 0 Å². The second-order valence-electron chi connectivity index (χ2n) is 7.10. The van der Waals surface area contributed by atoms with Crippen LogP contribution in [0.1, 0.15) is 30.3 Å². The summed E-state index contributed by atoms with van der Waals surface area (Å²) in [5.74, 6) is -1.72. The fourth-order valence-electron chi connectivity index (χ4n) is 3.14. The molecule has 0 aliphatic rings. The van der Waals surface area contributed by atoms with Crippen LogP contribution in [0.4, 0.5) is 5.13 Å². The summed E-state index contributed by atoms with van der Waals surface area (Å²) in [6, 6.07) is 16.1. The number of carbonyl (C=O) groups excluding carboxylic acids is 2. The van der Waals surface area contributed by atoms with E-state index in [9.17, 15) is 14.7 Å². The van der Waals surface area contributed by atoms with Crippen molar-refractivity contribution in [3.05, 3.63) is 70.7 Å². The Hall–Kier alpha value is -1.56. The number of unbranched alkanes of at least 4 members (excludes halogenated alkanes) is 1. The van der Waals surface area contributed by atoms with Crippen molar-refractivity contribution in [3.8, 4) is 11.3 Å². The van der Waals surface area contributed by atoms with Gasteiger partial charge in [0.25, 0.3) is 5.91 Å². The monoisotopic (exact) mass is 523 g/mol. The van der Waals surface area contributed by atoms with Gasteiger partial charge in [0, 0.05) is 33.5 Å². The standard InChI is InChI=1S/C20H14ClN3O3S.C4H10O.K/c21-14-7-3-2-6-13(14)15-11-28-20(22-15)23-19(27)17-9-12-5-1-4-8-16(12)24(17)10-18(25)26;1-2-3-4-5;/h1-9,11H,10H2,(H,25,26)(H,22,23,27);5H,2-4H2,1H3;/q;;+1/p-1. The molecule has 0 aliphatic carbocycles. The number of nitrogens with zero attached hydrogens (tertiary/aromatic N) is 2. The Balaban J connectivity index is 0.000000619. The van der Waals surface area contributed by atoms with Gasteiger partial charge in [-0.05, 0) is 24.6 Å². The number of carbonyl (C=O) groups is 2. The molecular formula is C24H23ClKN3O4S. The quantitative estimate of drug-likeness (QED) is 0.354. The number of rotatable bonds is 7. The van der Waals surface area contributed by atoms with Crippen LogP contribution in [0.25, 0.3) is 22.2 Å². The van der Waals surface area contributed by atoms with Crippen LogP contribution in [-0.2, 0) is 11.3 Å². The van der Waals surface area contributed by atoms with E-state index >= 15 is 0 Å². The Morgan fingerprint density at radius 3 is 2.53 bits per heavy atom. The fraction of sp³-hybridized carbons (Fsp3) is 0.208. The molecule has 4 rings (SSSR count). The number of aliphatic hydroxyl groups is 1. The Bertz CT molecular complexity index is 1260. The van der Waals surface area contributed by atoms with Crippen molar-refractivity contribution in [2.45, 2.75) is 26.3 Å². The third-order valence-electron chi connectivity index (χ3n) is 4.72. The first-order valence-electron chi connectivity index (χ1n) is 10.3. The van der Waals surface area contributed by atoms with Crippen LogP contribution in [0.3, 0.4) is 0 Å². The number of aromatic nitrogens is 2. The molecule has 0 bridgehead atoms. The van der Waals surface area contributed by atoms with Crippen LogP contribution in [-0.4, -0.2) is 33.1 Å². The minimum atomic E-state index is -1.27. The number of carboxylic acid groups (broad SMARTS) is 1. The molecule has 2 N–H and O–H groups in total. The fourth-order valence-corrected chi connectivity index (χ4v) is 4.08. The van der Waals surface area contributed by atoms with Gasteiger partial charge in [0.15, 0.2) is 5.13 Å². The number of carboxylic acids is 1. The number of para-hydroxylation sites is 1. The average Bonchev–Trinajstić information content (AvgIpc) is 3.40. The van der Waals surface area contributed by atoms with Gasteiger partial charge in [-0.1, -0.05) is 61.3 Å². The normalized spacial score (nSPS) is 10.2. The first-order valence-corrected chi connectivity index (χ1v) is 11.6. The van der Waals surface area contributed by atoms with Crippen LogP contribution in [0.15, 0.2) is 60.0 Å². The third-order valence-corrected chi connectivity index (χ3v) is 5.80. The zero-order valence-corrected chi connectivity index (χ0v) is 23.7. The molecule has 0 aliphatic heterocycles. The van der Waals surface area contributed by atoms with Gasteiger partial charge >= 0.3 is 51.4 Å². The van der Waals surface area contributed by atoms with E-state index in [1.165, 1.54) is 15.9 Å². The van der Waals surface area contributed by atoms with Gasteiger partial charge in [-0.25, -0.2) is 4.98 Å². The van der Waals surface area contributed by atoms with Crippen molar-refractivity contribution in [3.63, 3.8) is 0 Å². The topological polar surface area (TPSA) is 107 Å². The number of aliphatic hydroxyl groups excluding tert-OH is 1. The molecule has 172 valence electrons. The molecule has 4 aromatic rings. The zero-order valence-electron chi connectivity index (χ0n) is 19.0. The number of amides is 1. The van der Waals surface area contributed by atoms with E-state index in [2.05, 4.69) is 17.2 Å². The number of hydrogen-bond donors (Lipinski definition) is 2. The van der Waals surface area contributed by atoms with E-state index in [4.69, 9.17) is 16.7 Å². The summed E-state index contributed by atoms with van der Waals surface area (Å²) in [6.07, 6.45) is 2.04. The molecular weight excluding hydrogens is 501 g/mol. The van der Waals surface area contributed by atoms with Gasteiger partial charge in [-0.15, -0.1) is 11.3 Å². The molecule has 10 heteroatoms.